The van der Waals surface area contributed by atoms with E-state index in [0.29, 0.717) is 17.2 Å². The predicted octanol–water partition coefficient (Wildman–Crippen LogP) is 3.76. The van der Waals surface area contributed by atoms with Crippen LogP contribution in [-0.2, 0) is 4.79 Å². The maximum Gasteiger partial charge on any atom is 0.225 e. The van der Waals surface area contributed by atoms with Gasteiger partial charge in [-0.2, -0.15) is 0 Å². The number of hydrogen-bond donors (Lipinski definition) is 1. The number of likely N-dealkylation sites (tertiary alicyclic amines) is 1. The Kier molecular flexibility index (Phi) is 7.01. The Balaban J connectivity index is 0.00000176. The molecule has 1 N–H and O–H groups in total. The summed E-state index contributed by atoms with van der Waals surface area (Å²) in [5, 5.41) is 3.47. The summed E-state index contributed by atoms with van der Waals surface area (Å²) < 4.78 is 0. The number of nitrogens with zero attached hydrogens (tertiary/aromatic N) is 1. The van der Waals surface area contributed by atoms with Crippen molar-refractivity contribution in [2.24, 2.45) is 11.3 Å². The number of nitrogens with one attached hydrogen (secondary N) is 1. The topological polar surface area (TPSA) is 32.3 Å². The molecule has 3 rings (SSSR count). The van der Waals surface area contributed by atoms with Crippen LogP contribution in [0, 0.1) is 11.3 Å². The number of carbonyl (C=O) groups is 1. The first-order valence-electron chi connectivity index (χ1n) is 9.29. The number of carbonyl (C=O) groups excluding carboxylic acids is 1. The lowest BCUT2D eigenvalue weighted by molar-refractivity contribution is -0.138. The molecule has 2 saturated heterocycles. The van der Waals surface area contributed by atoms with Gasteiger partial charge in [-0.1, -0.05) is 32.1 Å². The van der Waals surface area contributed by atoms with Gasteiger partial charge in [0.1, 0.15) is 0 Å². The molecule has 0 radical (unpaired) electrons. The minimum Gasteiger partial charge on any atom is -0.342 e. The summed E-state index contributed by atoms with van der Waals surface area (Å²) in [6.45, 7) is 4.40. The molecule has 0 aromatic heterocycles. The minimum absolute atomic E-state index is 0. The van der Waals surface area contributed by atoms with Crippen molar-refractivity contribution in [3.05, 3.63) is 0 Å². The van der Waals surface area contributed by atoms with Gasteiger partial charge in [-0.05, 0) is 57.0 Å². The first-order valence-corrected chi connectivity index (χ1v) is 9.29. The molecule has 1 saturated carbocycles. The zero-order valence-electron chi connectivity index (χ0n) is 13.9. The summed E-state index contributed by atoms with van der Waals surface area (Å²) in [4.78, 5) is 15.0. The third-order valence-electron chi connectivity index (χ3n) is 6.25. The molecule has 3 aliphatic rings. The lowest BCUT2D eigenvalue weighted by Crippen LogP contribution is -2.48. The maximum absolute atomic E-state index is 12.8. The van der Waals surface area contributed by atoms with Gasteiger partial charge in [0.25, 0.3) is 0 Å². The molecule has 0 aromatic carbocycles. The Morgan fingerprint density at radius 1 is 0.864 bits per heavy atom. The van der Waals surface area contributed by atoms with E-state index >= 15 is 0 Å². The second kappa shape index (κ2) is 8.54. The molecule has 1 spiro atoms. The zero-order valence-corrected chi connectivity index (χ0v) is 14.8. The SMILES string of the molecule is Cl.O=C(C1CCCCCCC1)N1CCC2(CCNCC2)CC1. The number of amides is 1. The van der Waals surface area contributed by atoms with Crippen LogP contribution < -0.4 is 5.32 Å². The highest BCUT2D eigenvalue weighted by Crippen LogP contribution is 2.40. The van der Waals surface area contributed by atoms with E-state index in [4.69, 9.17) is 0 Å². The van der Waals surface area contributed by atoms with Crippen molar-refractivity contribution < 1.29 is 4.79 Å². The highest BCUT2D eigenvalue weighted by atomic mass is 35.5. The lowest BCUT2D eigenvalue weighted by Gasteiger charge is -2.45. The van der Waals surface area contributed by atoms with Gasteiger partial charge in [0.2, 0.25) is 5.91 Å². The summed E-state index contributed by atoms with van der Waals surface area (Å²) in [5.41, 5.74) is 0.558. The summed E-state index contributed by atoms with van der Waals surface area (Å²) in [6, 6.07) is 0. The van der Waals surface area contributed by atoms with Crippen LogP contribution in [0.2, 0.25) is 0 Å². The van der Waals surface area contributed by atoms with Crippen LogP contribution in [0.25, 0.3) is 0 Å². The van der Waals surface area contributed by atoms with E-state index in [1.165, 1.54) is 70.9 Å². The van der Waals surface area contributed by atoms with Gasteiger partial charge in [-0.3, -0.25) is 4.79 Å². The summed E-state index contributed by atoms with van der Waals surface area (Å²) >= 11 is 0. The van der Waals surface area contributed by atoms with Crippen molar-refractivity contribution in [2.75, 3.05) is 26.2 Å². The van der Waals surface area contributed by atoms with Crippen molar-refractivity contribution in [3.63, 3.8) is 0 Å². The van der Waals surface area contributed by atoms with Crippen molar-refractivity contribution >= 4 is 18.3 Å². The molecule has 4 heteroatoms. The third-order valence-corrected chi connectivity index (χ3v) is 6.25. The van der Waals surface area contributed by atoms with Crippen molar-refractivity contribution in [2.45, 2.75) is 70.6 Å². The molecule has 0 atom stereocenters. The van der Waals surface area contributed by atoms with Gasteiger partial charge in [0.15, 0.2) is 0 Å². The average Bonchev–Trinajstić information content (AvgIpc) is 2.48. The van der Waals surface area contributed by atoms with Crippen LogP contribution >= 0.6 is 12.4 Å². The standard InChI is InChI=1S/C18H32N2O.ClH/c21-17(16-6-4-2-1-3-5-7-16)20-14-10-18(11-15-20)8-12-19-13-9-18;/h16,19H,1-15H2;1H. The monoisotopic (exact) mass is 328 g/mol. The van der Waals surface area contributed by atoms with Gasteiger partial charge in [0.05, 0.1) is 0 Å². The quantitative estimate of drug-likeness (QED) is 0.794. The van der Waals surface area contributed by atoms with E-state index in [2.05, 4.69) is 10.2 Å². The highest BCUT2D eigenvalue weighted by Gasteiger charge is 2.37. The Hall–Kier alpha value is -0.280. The van der Waals surface area contributed by atoms with Crippen LogP contribution in [0.1, 0.15) is 70.6 Å². The molecule has 3 nitrogen and oxygen atoms in total. The first kappa shape index (κ1) is 18.1. The molecule has 1 amide bonds. The molecular formula is C18H33ClN2O. The second-order valence-corrected chi connectivity index (χ2v) is 7.62. The van der Waals surface area contributed by atoms with Crippen LogP contribution in [-0.4, -0.2) is 37.0 Å². The Bertz CT molecular complexity index is 337. The third kappa shape index (κ3) is 4.38. The maximum atomic E-state index is 12.8. The van der Waals surface area contributed by atoms with Crippen molar-refractivity contribution in [1.29, 1.82) is 0 Å². The Morgan fingerprint density at radius 2 is 1.41 bits per heavy atom. The normalized spacial score (nSPS) is 26.8. The van der Waals surface area contributed by atoms with E-state index in [-0.39, 0.29) is 12.4 Å². The minimum atomic E-state index is 0. The molecule has 0 bridgehead atoms. The zero-order chi connectivity index (χ0) is 14.5. The summed E-state index contributed by atoms with van der Waals surface area (Å²) in [7, 11) is 0. The van der Waals surface area contributed by atoms with E-state index in [1.54, 1.807) is 0 Å². The molecule has 22 heavy (non-hydrogen) atoms. The molecule has 0 unspecified atom stereocenters. The second-order valence-electron chi connectivity index (χ2n) is 7.62. The van der Waals surface area contributed by atoms with Crippen molar-refractivity contribution in [3.8, 4) is 0 Å². The molecular weight excluding hydrogens is 296 g/mol. The van der Waals surface area contributed by atoms with Crippen molar-refractivity contribution in [1.82, 2.24) is 10.2 Å². The fraction of sp³-hybridized carbons (Fsp3) is 0.944. The number of piperidine rings is 2. The van der Waals surface area contributed by atoms with Gasteiger partial charge in [-0.25, -0.2) is 0 Å². The number of hydrogen-bond acceptors (Lipinski definition) is 2. The molecule has 1 aliphatic carbocycles. The molecule has 0 aromatic rings. The van der Waals surface area contributed by atoms with E-state index in [0.717, 1.165) is 25.9 Å². The summed E-state index contributed by atoms with van der Waals surface area (Å²) in [5.74, 6) is 0.827. The lowest BCUT2D eigenvalue weighted by atomic mass is 9.71. The molecule has 2 heterocycles. The van der Waals surface area contributed by atoms with Crippen LogP contribution in [0.15, 0.2) is 0 Å². The Morgan fingerprint density at radius 3 is 2.00 bits per heavy atom. The van der Waals surface area contributed by atoms with Gasteiger partial charge < -0.3 is 10.2 Å². The Labute approximate surface area is 142 Å². The van der Waals surface area contributed by atoms with E-state index in [9.17, 15) is 4.79 Å². The average molecular weight is 329 g/mol. The fourth-order valence-electron chi connectivity index (χ4n) is 4.62. The van der Waals surface area contributed by atoms with Gasteiger partial charge in [0, 0.05) is 19.0 Å². The van der Waals surface area contributed by atoms with E-state index < -0.39 is 0 Å². The van der Waals surface area contributed by atoms with E-state index in [1.807, 2.05) is 0 Å². The summed E-state index contributed by atoms with van der Waals surface area (Å²) in [6.07, 6.45) is 14.0. The van der Waals surface area contributed by atoms with Gasteiger partial charge >= 0.3 is 0 Å². The van der Waals surface area contributed by atoms with Crippen LogP contribution in [0.3, 0.4) is 0 Å². The first-order chi connectivity index (χ1) is 10.3. The molecule has 3 fully saturated rings. The largest absolute Gasteiger partial charge is 0.342 e. The fourth-order valence-corrected chi connectivity index (χ4v) is 4.62. The smallest absolute Gasteiger partial charge is 0.225 e. The highest BCUT2D eigenvalue weighted by molar-refractivity contribution is 5.85. The van der Waals surface area contributed by atoms with Crippen LogP contribution in [0.4, 0.5) is 0 Å². The predicted molar refractivity (Wildman–Crippen MR) is 93.4 cm³/mol. The number of rotatable bonds is 1. The molecule has 128 valence electrons. The number of halogens is 1. The molecule has 2 aliphatic heterocycles. The van der Waals surface area contributed by atoms with Crippen LogP contribution in [0.5, 0.6) is 0 Å². The van der Waals surface area contributed by atoms with Gasteiger partial charge in [-0.15, -0.1) is 12.4 Å².